The van der Waals surface area contributed by atoms with Gasteiger partial charge >= 0.3 is 0 Å². The molecule has 0 radical (unpaired) electrons. The van der Waals surface area contributed by atoms with Crippen molar-refractivity contribution in [2.45, 2.75) is 58.4 Å². The molecule has 1 aromatic rings. The number of anilines is 2. The molecule has 100 valence electrons. The molecule has 0 bridgehead atoms. The highest BCUT2D eigenvalue weighted by molar-refractivity contribution is 5.48. The van der Waals surface area contributed by atoms with Crippen molar-refractivity contribution in [3.63, 3.8) is 0 Å². The van der Waals surface area contributed by atoms with Crippen LogP contribution in [0.3, 0.4) is 0 Å². The summed E-state index contributed by atoms with van der Waals surface area (Å²) in [6.07, 6.45) is 7.01. The van der Waals surface area contributed by atoms with E-state index in [0.717, 1.165) is 43.3 Å². The predicted molar refractivity (Wildman–Crippen MR) is 76.1 cm³/mol. The molecule has 1 aromatic heterocycles. The Kier molecular flexibility index (Phi) is 4.79. The van der Waals surface area contributed by atoms with E-state index in [1.165, 1.54) is 19.3 Å². The van der Waals surface area contributed by atoms with E-state index >= 15 is 0 Å². The Bertz CT molecular complexity index is 374. The maximum atomic E-state index is 4.59. The minimum Gasteiger partial charge on any atom is -0.370 e. The Morgan fingerprint density at radius 2 is 1.94 bits per heavy atom. The van der Waals surface area contributed by atoms with Gasteiger partial charge < -0.3 is 10.6 Å². The molecule has 1 fully saturated rings. The first-order valence-electron chi connectivity index (χ1n) is 7.20. The van der Waals surface area contributed by atoms with Crippen molar-refractivity contribution in [1.29, 1.82) is 0 Å². The Morgan fingerprint density at radius 3 is 2.56 bits per heavy atom. The molecule has 0 atom stereocenters. The zero-order valence-electron chi connectivity index (χ0n) is 11.5. The second-order valence-corrected chi connectivity index (χ2v) is 5.00. The van der Waals surface area contributed by atoms with E-state index in [-0.39, 0.29) is 0 Å². The van der Waals surface area contributed by atoms with Crippen molar-refractivity contribution in [2.24, 2.45) is 0 Å². The van der Waals surface area contributed by atoms with Gasteiger partial charge in [0.15, 0.2) is 0 Å². The highest BCUT2D eigenvalue weighted by Gasteiger charge is 2.17. The fourth-order valence-electron chi connectivity index (χ4n) is 2.01. The number of hydrogen-bond donors (Lipinski definition) is 2. The lowest BCUT2D eigenvalue weighted by Gasteiger charge is -2.27. The SMILES string of the molecule is CCCNc1cc(NC2CCC2)nc(CCC)n1. The normalized spacial score (nSPS) is 15.2. The smallest absolute Gasteiger partial charge is 0.133 e. The van der Waals surface area contributed by atoms with E-state index in [9.17, 15) is 0 Å². The van der Waals surface area contributed by atoms with E-state index < -0.39 is 0 Å². The zero-order chi connectivity index (χ0) is 12.8. The number of aryl methyl sites for hydroxylation is 1. The first kappa shape index (κ1) is 13.1. The van der Waals surface area contributed by atoms with Gasteiger partial charge in [-0.3, -0.25) is 0 Å². The molecule has 1 heterocycles. The lowest BCUT2D eigenvalue weighted by atomic mass is 9.93. The molecular weight excluding hydrogens is 224 g/mol. The molecule has 0 amide bonds. The van der Waals surface area contributed by atoms with Crippen LogP contribution >= 0.6 is 0 Å². The molecule has 0 unspecified atom stereocenters. The van der Waals surface area contributed by atoms with Gasteiger partial charge in [0.1, 0.15) is 17.5 Å². The fourth-order valence-corrected chi connectivity index (χ4v) is 2.01. The van der Waals surface area contributed by atoms with E-state index in [0.29, 0.717) is 6.04 Å². The minimum absolute atomic E-state index is 0.619. The average Bonchev–Trinajstić information content (AvgIpc) is 2.32. The van der Waals surface area contributed by atoms with Gasteiger partial charge in [-0.15, -0.1) is 0 Å². The monoisotopic (exact) mass is 248 g/mol. The molecule has 0 aromatic carbocycles. The topological polar surface area (TPSA) is 49.8 Å². The van der Waals surface area contributed by atoms with Crippen LogP contribution in [-0.4, -0.2) is 22.6 Å². The summed E-state index contributed by atoms with van der Waals surface area (Å²) in [5.74, 6) is 2.88. The third-order valence-electron chi connectivity index (χ3n) is 3.26. The van der Waals surface area contributed by atoms with Crippen LogP contribution in [-0.2, 0) is 6.42 Å². The van der Waals surface area contributed by atoms with E-state index in [4.69, 9.17) is 0 Å². The predicted octanol–water partition coefficient (Wildman–Crippen LogP) is 3.22. The van der Waals surface area contributed by atoms with Gasteiger partial charge in [-0.25, -0.2) is 9.97 Å². The molecule has 1 aliphatic rings. The van der Waals surface area contributed by atoms with Crippen LogP contribution in [0.5, 0.6) is 0 Å². The van der Waals surface area contributed by atoms with Crippen molar-refractivity contribution < 1.29 is 0 Å². The van der Waals surface area contributed by atoms with Crippen molar-refractivity contribution >= 4 is 11.6 Å². The number of hydrogen-bond acceptors (Lipinski definition) is 4. The Labute approximate surface area is 110 Å². The minimum atomic E-state index is 0.619. The second kappa shape index (κ2) is 6.57. The van der Waals surface area contributed by atoms with E-state index in [2.05, 4.69) is 34.4 Å². The third-order valence-corrected chi connectivity index (χ3v) is 3.26. The quantitative estimate of drug-likeness (QED) is 0.778. The van der Waals surface area contributed by atoms with Crippen LogP contribution in [0.2, 0.25) is 0 Å². The fraction of sp³-hybridized carbons (Fsp3) is 0.714. The molecule has 2 rings (SSSR count). The maximum Gasteiger partial charge on any atom is 0.133 e. The lowest BCUT2D eigenvalue weighted by molar-refractivity contribution is 0.444. The first-order valence-corrected chi connectivity index (χ1v) is 7.20. The van der Waals surface area contributed by atoms with Gasteiger partial charge in [0.25, 0.3) is 0 Å². The van der Waals surface area contributed by atoms with Crippen LogP contribution in [0.4, 0.5) is 11.6 Å². The molecule has 2 N–H and O–H groups in total. The van der Waals surface area contributed by atoms with Crippen LogP contribution in [0.15, 0.2) is 6.07 Å². The summed E-state index contributed by atoms with van der Waals surface area (Å²) in [5, 5.41) is 6.85. The number of nitrogens with one attached hydrogen (secondary N) is 2. The maximum absolute atomic E-state index is 4.59. The summed E-state index contributed by atoms with van der Waals surface area (Å²) >= 11 is 0. The number of nitrogens with zero attached hydrogens (tertiary/aromatic N) is 2. The zero-order valence-corrected chi connectivity index (χ0v) is 11.5. The van der Waals surface area contributed by atoms with Gasteiger partial charge in [0, 0.05) is 25.1 Å². The molecule has 0 spiro atoms. The highest BCUT2D eigenvalue weighted by atomic mass is 15.1. The van der Waals surface area contributed by atoms with Gasteiger partial charge in [0.05, 0.1) is 0 Å². The van der Waals surface area contributed by atoms with E-state index in [1.54, 1.807) is 0 Å². The average molecular weight is 248 g/mol. The summed E-state index contributed by atoms with van der Waals surface area (Å²) in [6.45, 7) is 5.29. The Balaban J connectivity index is 2.07. The Hall–Kier alpha value is -1.32. The van der Waals surface area contributed by atoms with Gasteiger partial charge in [-0.1, -0.05) is 13.8 Å². The molecular formula is C14H24N4. The standard InChI is InChI=1S/C14H24N4/c1-3-6-12-17-13(15-9-4-2)10-14(18-12)16-11-7-5-8-11/h10-11H,3-9H2,1-2H3,(H2,15,16,17,18). The third kappa shape index (κ3) is 3.59. The highest BCUT2D eigenvalue weighted by Crippen LogP contribution is 2.23. The van der Waals surface area contributed by atoms with E-state index in [1.807, 2.05) is 6.07 Å². The second-order valence-electron chi connectivity index (χ2n) is 5.00. The van der Waals surface area contributed by atoms with Crippen molar-refractivity contribution in [3.8, 4) is 0 Å². The molecule has 0 saturated heterocycles. The van der Waals surface area contributed by atoms with Gasteiger partial charge in [-0.2, -0.15) is 0 Å². The van der Waals surface area contributed by atoms with Gasteiger partial charge in [-0.05, 0) is 32.1 Å². The summed E-state index contributed by atoms with van der Waals surface area (Å²) < 4.78 is 0. The van der Waals surface area contributed by atoms with Crippen molar-refractivity contribution in [1.82, 2.24) is 9.97 Å². The largest absolute Gasteiger partial charge is 0.370 e. The molecule has 4 nitrogen and oxygen atoms in total. The molecule has 4 heteroatoms. The molecule has 1 aliphatic carbocycles. The lowest BCUT2D eigenvalue weighted by Crippen LogP contribution is -2.27. The first-order chi connectivity index (χ1) is 8.81. The van der Waals surface area contributed by atoms with Crippen molar-refractivity contribution in [3.05, 3.63) is 11.9 Å². The molecule has 18 heavy (non-hydrogen) atoms. The van der Waals surface area contributed by atoms with Gasteiger partial charge in [0.2, 0.25) is 0 Å². The van der Waals surface area contributed by atoms with Crippen LogP contribution in [0.25, 0.3) is 0 Å². The number of aromatic nitrogens is 2. The van der Waals surface area contributed by atoms with Crippen LogP contribution in [0.1, 0.15) is 51.8 Å². The number of rotatable bonds is 7. The summed E-state index contributed by atoms with van der Waals surface area (Å²) in [7, 11) is 0. The molecule has 1 saturated carbocycles. The molecule has 0 aliphatic heterocycles. The summed E-state index contributed by atoms with van der Waals surface area (Å²) in [6, 6.07) is 2.65. The van der Waals surface area contributed by atoms with Crippen molar-refractivity contribution in [2.75, 3.05) is 17.2 Å². The van der Waals surface area contributed by atoms with Crippen LogP contribution in [0, 0.1) is 0 Å². The summed E-state index contributed by atoms with van der Waals surface area (Å²) in [5.41, 5.74) is 0. The van der Waals surface area contributed by atoms with Crippen LogP contribution < -0.4 is 10.6 Å². The Morgan fingerprint density at radius 1 is 1.17 bits per heavy atom. The summed E-state index contributed by atoms with van der Waals surface area (Å²) in [4.78, 5) is 9.14.